The first-order chi connectivity index (χ1) is 13.2. The zero-order valence-electron chi connectivity index (χ0n) is 14.4. The summed E-state index contributed by atoms with van der Waals surface area (Å²) in [5.74, 6) is -2.61. The second kappa shape index (κ2) is 10.2. The zero-order chi connectivity index (χ0) is 20.8. The van der Waals surface area contributed by atoms with Crippen molar-refractivity contribution >= 4 is 57.1 Å². The minimum absolute atomic E-state index is 0.121. The first-order valence-corrected chi connectivity index (χ1v) is 10.3. The highest BCUT2D eigenvalue weighted by Gasteiger charge is 2.25. The van der Waals surface area contributed by atoms with Crippen LogP contribution in [0.3, 0.4) is 0 Å². The van der Waals surface area contributed by atoms with Crippen LogP contribution in [0.5, 0.6) is 11.5 Å². The van der Waals surface area contributed by atoms with Crippen molar-refractivity contribution in [2.24, 2.45) is 0 Å². The molecule has 2 unspecified atom stereocenters. The van der Waals surface area contributed by atoms with Gasteiger partial charge < -0.3 is 20.4 Å². The first kappa shape index (κ1) is 22.6. The van der Waals surface area contributed by atoms with E-state index in [2.05, 4.69) is 10.6 Å². The lowest BCUT2D eigenvalue weighted by Crippen LogP contribution is -2.37. The van der Waals surface area contributed by atoms with Crippen molar-refractivity contribution in [3.05, 3.63) is 54.7 Å². The van der Waals surface area contributed by atoms with E-state index in [0.717, 1.165) is 7.14 Å². The van der Waals surface area contributed by atoms with E-state index in [1.165, 1.54) is 12.1 Å². The number of aromatic hydroxyl groups is 2. The minimum atomic E-state index is -1.16. The van der Waals surface area contributed by atoms with Gasteiger partial charge in [-0.25, -0.2) is 0 Å². The fourth-order valence-corrected chi connectivity index (χ4v) is 3.64. The lowest BCUT2D eigenvalue weighted by molar-refractivity contribution is -0.141. The van der Waals surface area contributed by atoms with E-state index in [4.69, 9.17) is 0 Å². The smallest absolute Gasteiger partial charge is 0.325 e. The summed E-state index contributed by atoms with van der Waals surface area (Å²) in [5.41, 5.74) is 0.453. The van der Waals surface area contributed by atoms with E-state index < -0.39 is 24.0 Å². The second-order valence-corrected chi connectivity index (χ2v) is 8.35. The van der Waals surface area contributed by atoms with E-state index in [1.54, 1.807) is 24.3 Å². The van der Waals surface area contributed by atoms with Crippen molar-refractivity contribution in [3.63, 3.8) is 0 Å². The molecule has 0 saturated carbocycles. The number of carboxylic acids is 2. The number of aliphatic carboxylic acids is 2. The van der Waals surface area contributed by atoms with Gasteiger partial charge in [0.05, 0.1) is 0 Å². The molecule has 150 valence electrons. The number of halogens is 2. The number of carboxylic acid groups (broad SMARTS) is 2. The Balaban J connectivity index is 2.05. The third-order valence-corrected chi connectivity index (χ3v) is 5.26. The molecule has 10 heteroatoms. The standard InChI is InChI=1S/C18H18I2N2O6/c19-9-1-3-13(23)11(7-9)15(17(25)26)21-5-6-22-16(18(27)28)12-8-10(20)2-4-14(12)24/h1-4,7-8,15-16,21-24H,5-6H2,(H,25,26)(H,27,28). The summed E-state index contributed by atoms with van der Waals surface area (Å²) in [6, 6.07) is 7.01. The lowest BCUT2D eigenvalue weighted by Gasteiger charge is -2.19. The molecule has 0 radical (unpaired) electrons. The maximum atomic E-state index is 11.6. The summed E-state index contributed by atoms with van der Waals surface area (Å²) in [6.45, 7) is 0.243. The van der Waals surface area contributed by atoms with Gasteiger partial charge in [-0.3, -0.25) is 20.2 Å². The Morgan fingerprint density at radius 3 is 1.46 bits per heavy atom. The number of nitrogens with one attached hydrogen (secondary N) is 2. The Hall–Kier alpha value is -1.64. The van der Waals surface area contributed by atoms with E-state index in [1.807, 2.05) is 45.2 Å². The highest BCUT2D eigenvalue weighted by atomic mass is 127. The number of hydrogen-bond acceptors (Lipinski definition) is 6. The van der Waals surface area contributed by atoms with Crippen LogP contribution >= 0.6 is 45.2 Å². The van der Waals surface area contributed by atoms with Gasteiger partial charge in [-0.1, -0.05) is 0 Å². The number of rotatable bonds is 9. The predicted molar refractivity (Wildman–Crippen MR) is 118 cm³/mol. The average Bonchev–Trinajstić information content (AvgIpc) is 2.62. The molecule has 8 nitrogen and oxygen atoms in total. The van der Waals surface area contributed by atoms with E-state index in [-0.39, 0.29) is 35.7 Å². The van der Waals surface area contributed by atoms with Crippen LogP contribution < -0.4 is 10.6 Å². The Kier molecular flexibility index (Phi) is 8.27. The molecule has 0 spiro atoms. The van der Waals surface area contributed by atoms with Crippen LogP contribution in [0.15, 0.2) is 36.4 Å². The van der Waals surface area contributed by atoms with Crippen LogP contribution in [0.1, 0.15) is 23.2 Å². The molecule has 0 aliphatic rings. The predicted octanol–water partition coefficient (Wildman–Crippen LogP) is 2.44. The van der Waals surface area contributed by atoms with Gasteiger partial charge in [0, 0.05) is 31.4 Å². The highest BCUT2D eigenvalue weighted by molar-refractivity contribution is 14.1. The molecule has 0 aliphatic heterocycles. The number of hydrogen-bond donors (Lipinski definition) is 6. The zero-order valence-corrected chi connectivity index (χ0v) is 18.7. The minimum Gasteiger partial charge on any atom is -0.508 e. The van der Waals surface area contributed by atoms with Crippen molar-refractivity contribution in [2.75, 3.05) is 13.1 Å². The van der Waals surface area contributed by atoms with Crippen molar-refractivity contribution in [3.8, 4) is 11.5 Å². The monoisotopic (exact) mass is 612 g/mol. The lowest BCUT2D eigenvalue weighted by atomic mass is 10.1. The normalized spacial score (nSPS) is 13.1. The van der Waals surface area contributed by atoms with Gasteiger partial charge in [0.2, 0.25) is 0 Å². The van der Waals surface area contributed by atoms with Gasteiger partial charge in [0.25, 0.3) is 0 Å². The molecular formula is C18H18I2N2O6. The van der Waals surface area contributed by atoms with Gasteiger partial charge in [-0.15, -0.1) is 0 Å². The number of benzene rings is 2. The van der Waals surface area contributed by atoms with Crippen LogP contribution in [0.25, 0.3) is 0 Å². The summed E-state index contributed by atoms with van der Waals surface area (Å²) in [7, 11) is 0. The molecule has 0 fully saturated rings. The number of phenols is 2. The third-order valence-electron chi connectivity index (χ3n) is 3.92. The fraction of sp³-hybridized carbons (Fsp3) is 0.222. The van der Waals surface area contributed by atoms with Gasteiger partial charge in [-0.05, 0) is 81.6 Å². The Bertz CT molecular complexity index is 806. The quantitative estimate of drug-likeness (QED) is 0.188. The van der Waals surface area contributed by atoms with E-state index >= 15 is 0 Å². The third kappa shape index (κ3) is 5.93. The Morgan fingerprint density at radius 2 is 1.14 bits per heavy atom. The van der Waals surface area contributed by atoms with Gasteiger partial charge in [0.1, 0.15) is 23.6 Å². The molecule has 2 aromatic rings. The maximum absolute atomic E-state index is 11.6. The SMILES string of the molecule is O=C(O)C(NCCNC(C(=O)O)c1cc(I)ccc1O)c1cc(I)ccc1O. The van der Waals surface area contributed by atoms with Gasteiger partial charge >= 0.3 is 11.9 Å². The summed E-state index contributed by atoms with van der Waals surface area (Å²) in [4.78, 5) is 23.2. The van der Waals surface area contributed by atoms with Crippen molar-refractivity contribution in [1.82, 2.24) is 10.6 Å². The highest BCUT2D eigenvalue weighted by Crippen LogP contribution is 2.27. The number of phenolic OH excluding ortho intramolecular Hbond substituents is 2. The molecule has 0 aliphatic carbocycles. The van der Waals surface area contributed by atoms with Crippen molar-refractivity contribution in [2.45, 2.75) is 12.1 Å². The topological polar surface area (TPSA) is 139 Å². The van der Waals surface area contributed by atoms with Crippen LogP contribution in [0.4, 0.5) is 0 Å². The summed E-state index contributed by atoms with van der Waals surface area (Å²) >= 11 is 4.04. The van der Waals surface area contributed by atoms with E-state index in [9.17, 15) is 30.0 Å². The molecule has 2 atom stereocenters. The summed E-state index contributed by atoms with van der Waals surface area (Å²) < 4.78 is 1.55. The largest absolute Gasteiger partial charge is 0.508 e. The van der Waals surface area contributed by atoms with E-state index in [0.29, 0.717) is 0 Å². The van der Waals surface area contributed by atoms with Crippen LogP contribution in [0.2, 0.25) is 0 Å². The molecule has 28 heavy (non-hydrogen) atoms. The Labute approximate surface area is 188 Å². The fourth-order valence-electron chi connectivity index (χ4n) is 2.61. The van der Waals surface area contributed by atoms with Crippen LogP contribution in [-0.2, 0) is 9.59 Å². The Morgan fingerprint density at radius 1 is 0.786 bits per heavy atom. The molecule has 0 heterocycles. The maximum Gasteiger partial charge on any atom is 0.325 e. The molecule has 0 aromatic heterocycles. The molecule has 0 bridgehead atoms. The summed E-state index contributed by atoms with van der Waals surface area (Å²) in [5, 5.41) is 44.4. The average molecular weight is 612 g/mol. The van der Waals surface area contributed by atoms with Crippen LogP contribution in [-0.4, -0.2) is 45.5 Å². The summed E-state index contributed by atoms with van der Waals surface area (Å²) in [6.07, 6.45) is 0. The van der Waals surface area contributed by atoms with Gasteiger partial charge in [-0.2, -0.15) is 0 Å². The van der Waals surface area contributed by atoms with Crippen molar-refractivity contribution in [1.29, 1.82) is 0 Å². The molecule has 2 rings (SSSR count). The van der Waals surface area contributed by atoms with Gasteiger partial charge in [0.15, 0.2) is 0 Å². The molecule has 0 saturated heterocycles. The number of carbonyl (C=O) groups is 2. The molecule has 0 amide bonds. The molecular weight excluding hydrogens is 594 g/mol. The van der Waals surface area contributed by atoms with Crippen molar-refractivity contribution < 1.29 is 30.0 Å². The second-order valence-electron chi connectivity index (χ2n) is 5.86. The molecule has 6 N–H and O–H groups in total. The van der Waals surface area contributed by atoms with Crippen LogP contribution in [0, 0.1) is 7.14 Å². The molecule has 2 aromatic carbocycles. The first-order valence-electron chi connectivity index (χ1n) is 8.10.